The van der Waals surface area contributed by atoms with Crippen LogP contribution in [0.4, 0.5) is 0 Å². The molecule has 0 aromatic carbocycles. The molecule has 0 radical (unpaired) electrons. The maximum absolute atomic E-state index is 8.77. The second kappa shape index (κ2) is 11.5. The molecule has 0 fully saturated rings. The van der Waals surface area contributed by atoms with Crippen LogP contribution in [0, 0.1) is 0 Å². The van der Waals surface area contributed by atoms with E-state index < -0.39 is 15.6 Å². The Bertz CT molecular complexity index is 132. The molecule has 0 aromatic heterocycles. The van der Waals surface area contributed by atoms with Crippen LogP contribution in [-0.2, 0) is 9.13 Å². The minimum Gasteiger partial charge on any atom is -0.822 e. The van der Waals surface area contributed by atoms with Crippen molar-refractivity contribution in [2.45, 2.75) is 0 Å². The van der Waals surface area contributed by atoms with Crippen LogP contribution in [0.3, 0.4) is 0 Å². The van der Waals surface area contributed by atoms with Crippen LogP contribution in [0.5, 0.6) is 0 Å². The van der Waals surface area contributed by atoms with Crippen molar-refractivity contribution >= 4 is 53.4 Å². The van der Waals surface area contributed by atoms with Crippen LogP contribution in [0.25, 0.3) is 0 Å². The van der Waals surface area contributed by atoms with E-state index >= 15 is 0 Å². The molecule has 0 saturated heterocycles. The summed E-state index contributed by atoms with van der Waals surface area (Å²) in [6.45, 7) is 0. The van der Waals surface area contributed by atoms with E-state index in [-0.39, 0.29) is 50.0 Å². The summed E-state index contributed by atoms with van der Waals surface area (Å²) in [7, 11) is -10.3. The average molecular weight is 268 g/mol. The summed E-state index contributed by atoms with van der Waals surface area (Å²) in [6, 6.07) is 0. The van der Waals surface area contributed by atoms with Gasteiger partial charge in [0, 0.05) is 0 Å². The van der Waals surface area contributed by atoms with Crippen molar-refractivity contribution in [2.75, 3.05) is 0 Å². The third kappa shape index (κ3) is 889. The molecule has 0 aliphatic carbocycles. The van der Waals surface area contributed by atoms with E-state index in [2.05, 4.69) is 0 Å². The van der Waals surface area contributed by atoms with E-state index in [9.17, 15) is 0 Å². The molecule has 0 heterocycles. The van der Waals surface area contributed by atoms with Crippen molar-refractivity contribution < 1.29 is 38.5 Å². The molecule has 80 valence electrons. The van der Waals surface area contributed by atoms with Gasteiger partial charge in [-0.05, 0) is 0 Å². The molecular formula is H10CaN2O8P2. The first-order valence-corrected chi connectivity index (χ1v) is 4.49. The normalized spacial score (nSPS) is 9.08. The number of hydrogen-bond donors (Lipinski definition) is 4. The third-order valence-electron chi connectivity index (χ3n) is 0. The fraction of sp³-hybridized carbons (Fsp3) is 0. The van der Waals surface area contributed by atoms with Crippen LogP contribution in [0.15, 0.2) is 0 Å². The molecule has 10 N–H and O–H groups in total. The van der Waals surface area contributed by atoms with Gasteiger partial charge in [0.15, 0.2) is 0 Å². The van der Waals surface area contributed by atoms with Gasteiger partial charge in [0.25, 0.3) is 7.82 Å². The van der Waals surface area contributed by atoms with Gasteiger partial charge < -0.3 is 46.2 Å². The molecule has 0 bridgehead atoms. The van der Waals surface area contributed by atoms with Gasteiger partial charge in [-0.25, -0.2) is 0 Å². The quantitative estimate of drug-likeness (QED) is 0.248. The zero-order valence-electron chi connectivity index (χ0n) is 6.95. The zero-order chi connectivity index (χ0) is 9.00. The third-order valence-corrected chi connectivity index (χ3v) is 0. The van der Waals surface area contributed by atoms with Gasteiger partial charge in [0.05, 0.1) is 0 Å². The van der Waals surface area contributed by atoms with Gasteiger partial charge in [-0.1, -0.05) is 0 Å². The van der Waals surface area contributed by atoms with Crippen molar-refractivity contribution in [3.05, 3.63) is 0 Å². The fourth-order valence-corrected chi connectivity index (χ4v) is 0. The van der Waals surface area contributed by atoms with Crippen molar-refractivity contribution in [3.8, 4) is 0 Å². The van der Waals surface area contributed by atoms with Crippen molar-refractivity contribution in [1.29, 1.82) is 0 Å². The largest absolute Gasteiger partial charge is 2.00 e. The second-order valence-corrected chi connectivity index (χ2v) is 2.81. The van der Waals surface area contributed by atoms with Crippen LogP contribution in [0.1, 0.15) is 0 Å². The SMILES string of the molecule is O=P([O-])(O)O.O=P([O-])([O-])[O-].[Ca+2].[NH4+].[NH4+]. The molecule has 13 heteroatoms. The molecule has 13 heavy (non-hydrogen) atoms. The van der Waals surface area contributed by atoms with Gasteiger partial charge in [0.2, 0.25) is 0 Å². The molecule has 10 nitrogen and oxygen atoms in total. The van der Waals surface area contributed by atoms with E-state index in [1.807, 2.05) is 0 Å². The molecule has 0 rings (SSSR count). The Morgan fingerprint density at radius 2 is 0.846 bits per heavy atom. The summed E-state index contributed by atoms with van der Waals surface area (Å²) in [5.74, 6) is 0. The Labute approximate surface area is 104 Å². The van der Waals surface area contributed by atoms with Gasteiger partial charge >= 0.3 is 37.7 Å². The Morgan fingerprint density at radius 3 is 0.846 bits per heavy atom. The standard InChI is InChI=1S/Ca.2H3N.2H3O4P/c;;;2*1-5(2,3)4/h;2*1H3;2*(H3,1,2,3,4)/q+2;;;;/p-2. The van der Waals surface area contributed by atoms with Crippen LogP contribution >= 0.6 is 15.6 Å². The Kier molecular flexibility index (Phi) is 25.8. The van der Waals surface area contributed by atoms with Gasteiger partial charge in [-0.3, -0.25) is 4.57 Å². The summed E-state index contributed by atoms with van der Waals surface area (Å²) in [4.78, 5) is 48.6. The fourth-order valence-electron chi connectivity index (χ4n) is 0. The predicted octanol–water partition coefficient (Wildman–Crippen LogP) is -4.01. The van der Waals surface area contributed by atoms with Gasteiger partial charge in [0.1, 0.15) is 0 Å². The van der Waals surface area contributed by atoms with Crippen LogP contribution < -0.4 is 31.9 Å². The minimum absolute atomic E-state index is 0. The summed E-state index contributed by atoms with van der Waals surface area (Å²) >= 11 is 0. The first kappa shape index (κ1) is 29.3. The molecule has 0 amide bonds. The molecule has 0 spiro atoms. The van der Waals surface area contributed by atoms with Crippen molar-refractivity contribution in [2.24, 2.45) is 0 Å². The van der Waals surface area contributed by atoms with Gasteiger partial charge in [-0.2, -0.15) is 7.82 Å². The number of rotatable bonds is 0. The summed E-state index contributed by atoms with van der Waals surface area (Å²) in [5, 5.41) is 0. The Morgan fingerprint density at radius 1 is 0.846 bits per heavy atom. The van der Waals surface area contributed by atoms with E-state index in [1.54, 1.807) is 0 Å². The molecule has 0 aliphatic heterocycles. The molecule has 0 aromatic rings. The second-order valence-electron chi connectivity index (χ2n) is 0.938. The summed E-state index contributed by atoms with van der Waals surface area (Å²) in [6.07, 6.45) is 0. The first-order valence-electron chi connectivity index (χ1n) is 1.50. The molecule has 0 saturated carbocycles. The zero-order valence-corrected chi connectivity index (χ0v) is 10.9. The average Bonchev–Trinajstić information content (AvgIpc) is 1.12. The molecule has 0 atom stereocenters. The Hall–Kier alpha value is 1.40. The van der Waals surface area contributed by atoms with Gasteiger partial charge in [-0.15, -0.1) is 0 Å². The van der Waals surface area contributed by atoms with E-state index in [0.717, 1.165) is 0 Å². The smallest absolute Gasteiger partial charge is 0.822 e. The van der Waals surface area contributed by atoms with E-state index in [1.165, 1.54) is 0 Å². The predicted molar refractivity (Wildman–Crippen MR) is 37.4 cm³/mol. The molecular weight excluding hydrogens is 258 g/mol. The summed E-state index contributed by atoms with van der Waals surface area (Å²) in [5.41, 5.74) is 0. The maximum Gasteiger partial charge on any atom is 2.00 e. The van der Waals surface area contributed by atoms with Crippen LogP contribution in [0.2, 0.25) is 0 Å². The Balaban J connectivity index is -0.0000000267. The topological polar surface area (TPSA) is 240 Å². The van der Waals surface area contributed by atoms with Crippen molar-refractivity contribution in [3.63, 3.8) is 0 Å². The number of quaternary nitrogens is 2. The maximum atomic E-state index is 8.77. The summed E-state index contributed by atoms with van der Waals surface area (Å²) < 4.78 is 17.3. The minimum atomic E-state index is -5.39. The van der Waals surface area contributed by atoms with Crippen molar-refractivity contribution in [1.82, 2.24) is 12.3 Å². The molecule has 0 aliphatic rings. The first-order chi connectivity index (χ1) is 4.00. The number of hydrogen-bond acceptors (Lipinski definition) is 6. The monoisotopic (exact) mass is 268 g/mol. The van der Waals surface area contributed by atoms with Crippen LogP contribution in [-0.4, -0.2) is 47.5 Å². The van der Waals surface area contributed by atoms with E-state index in [4.69, 9.17) is 38.5 Å². The molecule has 0 unspecified atom stereocenters. The van der Waals surface area contributed by atoms with E-state index in [0.29, 0.717) is 0 Å². The number of phosphoric acid groups is 2.